The first-order valence-electron chi connectivity index (χ1n) is 10.6. The normalized spacial score (nSPS) is 10.8. The van der Waals surface area contributed by atoms with Crippen LogP contribution in [0.4, 0.5) is 10.5 Å². The first-order chi connectivity index (χ1) is 14.9. The van der Waals surface area contributed by atoms with Gasteiger partial charge in [-0.05, 0) is 56.5 Å². The molecule has 3 N–H and O–H groups in total. The number of hydrazine groups is 1. The van der Waals surface area contributed by atoms with Crippen molar-refractivity contribution in [3.63, 3.8) is 0 Å². The third-order valence-corrected chi connectivity index (χ3v) is 4.33. The van der Waals surface area contributed by atoms with Gasteiger partial charge in [0.2, 0.25) is 0 Å². The molecule has 31 heavy (non-hydrogen) atoms. The zero-order valence-corrected chi connectivity index (χ0v) is 20.1. The van der Waals surface area contributed by atoms with Crippen molar-refractivity contribution >= 4 is 23.8 Å². The molecule has 0 saturated carbocycles. The second kappa shape index (κ2) is 14.8. The topological polar surface area (TPSA) is 80.9 Å². The number of amides is 1. The van der Waals surface area contributed by atoms with Gasteiger partial charge in [0.1, 0.15) is 5.60 Å². The Morgan fingerprint density at radius 3 is 2.35 bits per heavy atom. The maximum Gasteiger partial charge on any atom is 0.412 e. The standard InChI is InChI=1S/C21H29N3O4S.C2H6/c1-5-6-15-22-24-27-28-29-19-10-8-7-9-18(19)16-11-13-17(14-12-16)23-20(25)26-21(2,3)4;1-2/h7-14,22,24H,5-6,15H2,1-4H3,(H,23,25);1-2H3. The molecule has 2 aromatic rings. The maximum atomic E-state index is 11.9. The molecule has 0 spiro atoms. The van der Waals surface area contributed by atoms with E-state index in [0.29, 0.717) is 5.69 Å². The van der Waals surface area contributed by atoms with Crippen LogP contribution in [0, 0.1) is 0 Å². The Labute approximate surface area is 190 Å². The number of hydrogen-bond acceptors (Lipinski definition) is 7. The largest absolute Gasteiger partial charge is 0.444 e. The second-order valence-electron chi connectivity index (χ2n) is 7.32. The number of hydrogen-bond donors (Lipinski definition) is 3. The number of benzene rings is 2. The van der Waals surface area contributed by atoms with Gasteiger partial charge in [0.15, 0.2) is 0 Å². The monoisotopic (exact) mass is 449 g/mol. The number of ether oxygens (including phenoxy) is 1. The van der Waals surface area contributed by atoms with Crippen LogP contribution in [-0.2, 0) is 14.1 Å². The van der Waals surface area contributed by atoms with Gasteiger partial charge in [-0.25, -0.2) is 10.2 Å². The molecule has 0 unspecified atom stereocenters. The average Bonchev–Trinajstić information content (AvgIpc) is 2.74. The summed E-state index contributed by atoms with van der Waals surface area (Å²) in [7, 11) is 0. The van der Waals surface area contributed by atoms with Gasteiger partial charge in [0.05, 0.1) is 12.0 Å². The SMILES string of the molecule is CC.CCCCNNOOSc1ccccc1-c1ccc(NC(=O)OC(C)(C)C)cc1. The number of rotatable bonds is 10. The highest BCUT2D eigenvalue weighted by atomic mass is 32.2. The summed E-state index contributed by atoms with van der Waals surface area (Å²) >= 11 is 1.11. The zero-order chi connectivity index (χ0) is 23.1. The molecule has 0 aliphatic carbocycles. The van der Waals surface area contributed by atoms with Gasteiger partial charge in [-0.2, -0.15) is 0 Å². The average molecular weight is 450 g/mol. The van der Waals surface area contributed by atoms with Gasteiger partial charge in [0.25, 0.3) is 0 Å². The Bertz CT molecular complexity index is 764. The Balaban J connectivity index is 0.00000233. The van der Waals surface area contributed by atoms with Gasteiger partial charge in [-0.1, -0.05) is 57.5 Å². The van der Waals surface area contributed by atoms with E-state index in [0.717, 1.165) is 47.5 Å². The lowest BCUT2D eigenvalue weighted by Gasteiger charge is -2.19. The number of anilines is 1. The summed E-state index contributed by atoms with van der Waals surface area (Å²) in [6, 6.07) is 15.3. The van der Waals surface area contributed by atoms with Crippen LogP contribution in [0.5, 0.6) is 0 Å². The van der Waals surface area contributed by atoms with E-state index in [9.17, 15) is 4.79 Å². The molecular weight excluding hydrogens is 414 g/mol. The predicted octanol–water partition coefficient (Wildman–Crippen LogP) is 6.49. The first kappa shape index (κ1) is 26.9. The van der Waals surface area contributed by atoms with Crippen LogP contribution in [-0.4, -0.2) is 18.2 Å². The second-order valence-corrected chi connectivity index (χ2v) is 8.06. The third kappa shape index (κ3) is 11.2. The van der Waals surface area contributed by atoms with E-state index in [-0.39, 0.29) is 0 Å². The Hall–Kier alpha value is -2.10. The molecule has 1 amide bonds. The molecule has 0 aliphatic rings. The molecule has 0 atom stereocenters. The summed E-state index contributed by atoms with van der Waals surface area (Å²) in [5.41, 5.74) is 7.54. The number of carbonyl (C=O) groups is 1. The van der Waals surface area contributed by atoms with Crippen molar-refractivity contribution in [1.29, 1.82) is 0 Å². The minimum atomic E-state index is -0.539. The van der Waals surface area contributed by atoms with Gasteiger partial charge < -0.3 is 4.74 Å². The van der Waals surface area contributed by atoms with Crippen molar-refractivity contribution in [2.45, 2.75) is 64.9 Å². The minimum absolute atomic E-state index is 0.480. The molecule has 2 rings (SSSR count). The Morgan fingerprint density at radius 2 is 1.71 bits per heavy atom. The fraction of sp³-hybridized carbons (Fsp3) is 0.435. The lowest BCUT2D eigenvalue weighted by Crippen LogP contribution is -2.31. The van der Waals surface area contributed by atoms with E-state index < -0.39 is 11.7 Å². The summed E-state index contributed by atoms with van der Waals surface area (Å²) < 4.78 is 10.4. The molecule has 0 bridgehead atoms. The van der Waals surface area contributed by atoms with Gasteiger partial charge in [-0.15, -0.1) is 14.9 Å². The van der Waals surface area contributed by atoms with Crippen LogP contribution in [0.3, 0.4) is 0 Å². The first-order valence-corrected chi connectivity index (χ1v) is 11.3. The minimum Gasteiger partial charge on any atom is -0.444 e. The summed E-state index contributed by atoms with van der Waals surface area (Å²) in [5, 5.41) is 2.73. The molecular formula is C23H35N3O4S. The van der Waals surface area contributed by atoms with Crippen LogP contribution < -0.4 is 16.3 Å². The molecule has 0 fully saturated rings. The van der Waals surface area contributed by atoms with Crippen molar-refractivity contribution in [3.05, 3.63) is 48.5 Å². The Kier molecular flexibility index (Phi) is 12.9. The van der Waals surface area contributed by atoms with Crippen molar-refractivity contribution in [2.24, 2.45) is 0 Å². The highest BCUT2D eigenvalue weighted by Gasteiger charge is 2.16. The molecule has 0 heterocycles. The molecule has 2 aromatic carbocycles. The van der Waals surface area contributed by atoms with E-state index in [1.54, 1.807) is 0 Å². The van der Waals surface area contributed by atoms with Crippen molar-refractivity contribution in [1.82, 2.24) is 11.0 Å². The van der Waals surface area contributed by atoms with Gasteiger partial charge in [-0.3, -0.25) is 5.32 Å². The smallest absolute Gasteiger partial charge is 0.412 e. The summed E-state index contributed by atoms with van der Waals surface area (Å²) in [6.07, 6.45) is 1.67. The van der Waals surface area contributed by atoms with E-state index in [1.165, 1.54) is 0 Å². The van der Waals surface area contributed by atoms with Crippen molar-refractivity contribution in [2.75, 3.05) is 11.9 Å². The number of carbonyl (C=O) groups excluding carboxylic acids is 1. The van der Waals surface area contributed by atoms with Crippen LogP contribution >= 0.6 is 12.0 Å². The highest BCUT2D eigenvalue weighted by molar-refractivity contribution is 7.94. The van der Waals surface area contributed by atoms with E-state index in [4.69, 9.17) is 14.1 Å². The van der Waals surface area contributed by atoms with Crippen molar-refractivity contribution in [3.8, 4) is 11.1 Å². The molecule has 0 radical (unpaired) electrons. The van der Waals surface area contributed by atoms with E-state index in [2.05, 4.69) is 23.3 Å². The van der Waals surface area contributed by atoms with Crippen LogP contribution in [0.2, 0.25) is 0 Å². The molecule has 0 aromatic heterocycles. The predicted molar refractivity (Wildman–Crippen MR) is 127 cm³/mol. The lowest BCUT2D eigenvalue weighted by atomic mass is 10.1. The van der Waals surface area contributed by atoms with E-state index in [1.807, 2.05) is 83.1 Å². The van der Waals surface area contributed by atoms with E-state index >= 15 is 0 Å². The van der Waals surface area contributed by atoms with Crippen molar-refractivity contribution < 1.29 is 18.9 Å². The summed E-state index contributed by atoms with van der Waals surface area (Å²) in [6.45, 7) is 12.4. The molecule has 0 saturated heterocycles. The fourth-order valence-electron chi connectivity index (χ4n) is 2.35. The number of nitrogens with one attached hydrogen (secondary N) is 3. The summed E-state index contributed by atoms with van der Waals surface area (Å²) in [5.74, 6) is 0. The van der Waals surface area contributed by atoms with Crippen LogP contribution in [0.25, 0.3) is 11.1 Å². The van der Waals surface area contributed by atoms with Crippen LogP contribution in [0.1, 0.15) is 54.4 Å². The molecule has 7 nitrogen and oxygen atoms in total. The third-order valence-electron chi connectivity index (χ3n) is 3.66. The van der Waals surface area contributed by atoms with Gasteiger partial charge in [0, 0.05) is 17.1 Å². The summed E-state index contributed by atoms with van der Waals surface area (Å²) in [4.78, 5) is 17.7. The molecule has 0 aliphatic heterocycles. The van der Waals surface area contributed by atoms with Gasteiger partial charge >= 0.3 is 6.09 Å². The quantitative estimate of drug-likeness (QED) is 0.165. The van der Waals surface area contributed by atoms with Crippen LogP contribution in [0.15, 0.2) is 53.4 Å². The fourth-order valence-corrected chi connectivity index (χ4v) is 2.90. The number of unbranched alkanes of at least 4 members (excludes halogenated alkanes) is 1. The molecule has 8 heteroatoms. The molecule has 172 valence electrons. The Morgan fingerprint density at radius 1 is 1.03 bits per heavy atom. The zero-order valence-electron chi connectivity index (χ0n) is 19.3. The lowest BCUT2D eigenvalue weighted by molar-refractivity contribution is -0.257. The highest BCUT2D eigenvalue weighted by Crippen LogP contribution is 2.32. The maximum absolute atomic E-state index is 11.9.